The third-order valence-electron chi connectivity index (χ3n) is 10.9. The molecular formula is C27H44O4. The molecule has 0 saturated heterocycles. The van der Waals surface area contributed by atoms with Crippen LogP contribution in [0.4, 0.5) is 0 Å². The van der Waals surface area contributed by atoms with Gasteiger partial charge in [-0.1, -0.05) is 0 Å². The molecule has 8 bridgehead atoms. The van der Waals surface area contributed by atoms with E-state index in [0.29, 0.717) is 34.5 Å². The van der Waals surface area contributed by atoms with E-state index in [4.69, 9.17) is 9.47 Å². The molecule has 8 saturated carbocycles. The lowest BCUT2D eigenvalue weighted by molar-refractivity contribution is -0.229. The Morgan fingerprint density at radius 1 is 0.645 bits per heavy atom. The number of ether oxygens (including phenoxy) is 2. The monoisotopic (exact) mass is 432 g/mol. The number of hydrogen-bond acceptors (Lipinski definition) is 4. The first-order valence-electron chi connectivity index (χ1n) is 13.4. The molecule has 0 spiro atoms. The first kappa shape index (κ1) is 21.4. The largest absolute Gasteiger partial charge is 0.393 e. The minimum Gasteiger partial charge on any atom is -0.393 e. The molecule has 2 N–H and O–H groups in total. The zero-order chi connectivity index (χ0) is 21.4. The molecule has 0 amide bonds. The van der Waals surface area contributed by atoms with Crippen molar-refractivity contribution in [3.8, 4) is 0 Å². The summed E-state index contributed by atoms with van der Waals surface area (Å²) in [7, 11) is 0. The topological polar surface area (TPSA) is 58.9 Å². The van der Waals surface area contributed by atoms with Crippen molar-refractivity contribution in [2.45, 2.75) is 109 Å². The third-order valence-corrected chi connectivity index (χ3v) is 10.9. The summed E-state index contributed by atoms with van der Waals surface area (Å²) in [6, 6.07) is 0. The van der Waals surface area contributed by atoms with Gasteiger partial charge in [-0.15, -0.1) is 0 Å². The van der Waals surface area contributed by atoms with Crippen molar-refractivity contribution in [2.24, 2.45) is 46.3 Å². The summed E-state index contributed by atoms with van der Waals surface area (Å²) in [5.41, 5.74) is 0.845. The minimum absolute atomic E-state index is 0.0314. The van der Waals surface area contributed by atoms with E-state index in [1.807, 2.05) is 0 Å². The van der Waals surface area contributed by atoms with Crippen molar-refractivity contribution in [1.82, 2.24) is 0 Å². The molecule has 8 fully saturated rings. The Kier molecular flexibility index (Phi) is 5.12. The maximum absolute atomic E-state index is 10.5. The number of hydrogen-bond donors (Lipinski definition) is 2. The summed E-state index contributed by atoms with van der Waals surface area (Å²) in [6.45, 7) is 5.72. The molecule has 0 heterocycles. The minimum atomic E-state index is -0.524. The Hall–Kier alpha value is -0.160. The fourth-order valence-electron chi connectivity index (χ4n) is 10.0. The standard InChI is InChI=1S/C27H44O4/c1-25(2,30-5-3-26-11-17-7-19(13-26)23(28)20(8-17)14-26)31-6-4-27-12-18-9-21(15-27)24(29)22(10-18)16-27/h17-24,28-29H,3-16H2,1-2H3. The average molecular weight is 433 g/mol. The maximum Gasteiger partial charge on any atom is 0.162 e. The summed E-state index contributed by atoms with van der Waals surface area (Å²) in [5, 5.41) is 21.1. The number of rotatable bonds is 8. The van der Waals surface area contributed by atoms with E-state index in [2.05, 4.69) is 13.8 Å². The van der Waals surface area contributed by atoms with Crippen LogP contribution in [0, 0.1) is 46.3 Å². The van der Waals surface area contributed by atoms with Gasteiger partial charge in [-0.05, 0) is 137 Å². The van der Waals surface area contributed by atoms with Gasteiger partial charge in [0, 0.05) is 0 Å². The first-order valence-corrected chi connectivity index (χ1v) is 13.4. The van der Waals surface area contributed by atoms with Crippen LogP contribution in [-0.2, 0) is 9.47 Å². The normalized spacial score (nSPS) is 52.3. The predicted octanol–water partition coefficient (Wildman–Crippen LogP) is 4.91. The SMILES string of the molecule is CC(C)(OCCC12CC3CC(C1)C(O)C(C3)C2)OCCC12CC3CC(C1)C(O)C(C3)C2. The summed E-state index contributed by atoms with van der Waals surface area (Å²) < 4.78 is 12.6. The first-order chi connectivity index (χ1) is 14.7. The summed E-state index contributed by atoms with van der Waals surface area (Å²) in [4.78, 5) is 0. The molecule has 0 radical (unpaired) electrons. The van der Waals surface area contributed by atoms with Gasteiger partial charge in [0.2, 0.25) is 0 Å². The van der Waals surface area contributed by atoms with Crippen molar-refractivity contribution >= 4 is 0 Å². The highest BCUT2D eigenvalue weighted by molar-refractivity contribution is 5.06. The van der Waals surface area contributed by atoms with E-state index >= 15 is 0 Å². The molecule has 4 heteroatoms. The lowest BCUT2D eigenvalue weighted by Gasteiger charge is -2.59. The Labute approximate surface area is 188 Å². The molecule has 0 aromatic carbocycles. The highest BCUT2D eigenvalue weighted by atomic mass is 16.7. The number of aliphatic hydroxyl groups is 2. The second-order valence-electron chi connectivity index (χ2n) is 13.5. The highest BCUT2D eigenvalue weighted by Crippen LogP contribution is 2.62. The van der Waals surface area contributed by atoms with Crippen LogP contribution >= 0.6 is 0 Å². The molecule has 31 heavy (non-hydrogen) atoms. The van der Waals surface area contributed by atoms with Crippen molar-refractivity contribution in [3.05, 3.63) is 0 Å². The van der Waals surface area contributed by atoms with Crippen molar-refractivity contribution in [2.75, 3.05) is 13.2 Å². The molecule has 0 aromatic heterocycles. The van der Waals surface area contributed by atoms with Gasteiger partial charge in [0.25, 0.3) is 0 Å². The van der Waals surface area contributed by atoms with Gasteiger partial charge < -0.3 is 19.7 Å². The summed E-state index contributed by atoms with van der Waals surface area (Å²) in [5.74, 6) is 3.38. The molecule has 176 valence electrons. The van der Waals surface area contributed by atoms with Gasteiger partial charge in [-0.25, -0.2) is 0 Å². The van der Waals surface area contributed by atoms with Crippen LogP contribution < -0.4 is 0 Å². The van der Waals surface area contributed by atoms with Gasteiger partial charge in [0.05, 0.1) is 25.4 Å². The van der Waals surface area contributed by atoms with Crippen LogP contribution in [0.3, 0.4) is 0 Å². The summed E-state index contributed by atoms with van der Waals surface area (Å²) >= 11 is 0. The van der Waals surface area contributed by atoms with Crippen molar-refractivity contribution < 1.29 is 19.7 Å². The van der Waals surface area contributed by atoms with Gasteiger partial charge >= 0.3 is 0 Å². The van der Waals surface area contributed by atoms with Gasteiger partial charge in [-0.3, -0.25) is 0 Å². The number of aliphatic hydroxyl groups excluding tert-OH is 2. The second-order valence-corrected chi connectivity index (χ2v) is 13.5. The lowest BCUT2D eigenvalue weighted by atomic mass is 9.48. The van der Waals surface area contributed by atoms with E-state index in [9.17, 15) is 10.2 Å². The fraction of sp³-hybridized carbons (Fsp3) is 1.00. The Morgan fingerprint density at radius 2 is 1.00 bits per heavy atom. The van der Waals surface area contributed by atoms with Crippen LogP contribution in [0.25, 0.3) is 0 Å². The molecule has 8 rings (SSSR count). The smallest absolute Gasteiger partial charge is 0.162 e. The molecule has 4 unspecified atom stereocenters. The van der Waals surface area contributed by atoms with E-state index in [1.165, 1.54) is 64.2 Å². The Bertz CT molecular complexity index is 601. The van der Waals surface area contributed by atoms with E-state index in [1.54, 1.807) is 0 Å². The molecule has 4 atom stereocenters. The molecule has 0 aliphatic heterocycles. The molecule has 8 aliphatic rings. The zero-order valence-electron chi connectivity index (χ0n) is 19.7. The molecular weight excluding hydrogens is 388 g/mol. The fourth-order valence-corrected chi connectivity index (χ4v) is 10.0. The highest BCUT2D eigenvalue weighted by Gasteiger charge is 2.55. The van der Waals surface area contributed by atoms with E-state index in [0.717, 1.165) is 37.9 Å². The van der Waals surface area contributed by atoms with Crippen LogP contribution in [-0.4, -0.2) is 41.4 Å². The van der Waals surface area contributed by atoms with Gasteiger partial charge in [0.1, 0.15) is 0 Å². The lowest BCUT2D eigenvalue weighted by Crippen LogP contribution is -2.54. The zero-order valence-corrected chi connectivity index (χ0v) is 19.7. The van der Waals surface area contributed by atoms with E-state index in [-0.39, 0.29) is 12.2 Å². The van der Waals surface area contributed by atoms with Crippen molar-refractivity contribution in [1.29, 1.82) is 0 Å². The quantitative estimate of drug-likeness (QED) is 0.535. The Balaban J connectivity index is 0.979. The Morgan fingerprint density at radius 3 is 1.35 bits per heavy atom. The van der Waals surface area contributed by atoms with Crippen LogP contribution in [0.2, 0.25) is 0 Å². The predicted molar refractivity (Wildman–Crippen MR) is 119 cm³/mol. The maximum atomic E-state index is 10.5. The van der Waals surface area contributed by atoms with Crippen LogP contribution in [0.5, 0.6) is 0 Å². The van der Waals surface area contributed by atoms with E-state index < -0.39 is 5.79 Å². The summed E-state index contributed by atoms with van der Waals surface area (Å²) in [6.07, 6.45) is 14.8. The molecule has 8 aliphatic carbocycles. The molecule has 4 nitrogen and oxygen atoms in total. The molecule has 0 aromatic rings. The van der Waals surface area contributed by atoms with Crippen LogP contribution in [0.1, 0.15) is 90.9 Å². The van der Waals surface area contributed by atoms with Crippen molar-refractivity contribution in [3.63, 3.8) is 0 Å². The third kappa shape index (κ3) is 3.82. The van der Waals surface area contributed by atoms with Crippen LogP contribution in [0.15, 0.2) is 0 Å². The van der Waals surface area contributed by atoms with Gasteiger partial charge in [0.15, 0.2) is 5.79 Å². The average Bonchev–Trinajstić information content (AvgIpc) is 2.68. The second kappa shape index (κ2) is 7.42. The van der Waals surface area contributed by atoms with Gasteiger partial charge in [-0.2, -0.15) is 0 Å².